The van der Waals surface area contributed by atoms with E-state index < -0.39 is 23.5 Å². The smallest absolute Gasteiger partial charge is 0.328 e. The van der Waals surface area contributed by atoms with Gasteiger partial charge in [-0.05, 0) is 49.2 Å². The second kappa shape index (κ2) is 8.57. The molecule has 1 aliphatic heterocycles. The predicted molar refractivity (Wildman–Crippen MR) is 117 cm³/mol. The summed E-state index contributed by atoms with van der Waals surface area (Å²) < 4.78 is 43.3. The lowest BCUT2D eigenvalue weighted by Gasteiger charge is -2.26. The van der Waals surface area contributed by atoms with E-state index in [0.717, 1.165) is 18.6 Å². The van der Waals surface area contributed by atoms with Crippen molar-refractivity contribution in [3.8, 4) is 0 Å². The highest BCUT2D eigenvalue weighted by Gasteiger charge is 2.30. The van der Waals surface area contributed by atoms with Crippen LogP contribution < -0.4 is 10.2 Å². The Kier molecular flexibility index (Phi) is 5.45. The van der Waals surface area contributed by atoms with Crippen molar-refractivity contribution < 1.29 is 18.0 Å². The molecule has 2 aromatic heterocycles. The molecule has 3 heterocycles. The fourth-order valence-electron chi connectivity index (χ4n) is 4.22. The van der Waals surface area contributed by atoms with Crippen molar-refractivity contribution in [3.05, 3.63) is 89.5 Å². The first-order valence-electron chi connectivity index (χ1n) is 10.6. The van der Waals surface area contributed by atoms with Gasteiger partial charge in [-0.1, -0.05) is 18.2 Å². The summed E-state index contributed by atoms with van der Waals surface area (Å²) in [5.41, 5.74) is 1.47. The number of nitrogens with zero attached hydrogens (tertiary/aromatic N) is 4. The van der Waals surface area contributed by atoms with Gasteiger partial charge < -0.3 is 10.2 Å². The molecule has 9 heteroatoms. The molecule has 1 N–H and O–H groups in total. The second-order valence-electron chi connectivity index (χ2n) is 7.89. The molecule has 4 aromatic rings. The molecular formula is C24H20F3N5O. The van der Waals surface area contributed by atoms with E-state index in [1.807, 2.05) is 4.90 Å². The first-order chi connectivity index (χ1) is 16.0. The van der Waals surface area contributed by atoms with Gasteiger partial charge in [0.25, 0.3) is 0 Å². The monoisotopic (exact) mass is 451 g/mol. The number of halogens is 3. The molecule has 5 rings (SSSR count). The average Bonchev–Trinajstić information content (AvgIpc) is 3.47. The van der Waals surface area contributed by atoms with Gasteiger partial charge in [0.1, 0.15) is 35.1 Å². The highest BCUT2D eigenvalue weighted by molar-refractivity contribution is 5.87. The zero-order valence-corrected chi connectivity index (χ0v) is 17.5. The number of anilines is 1. The van der Waals surface area contributed by atoms with Crippen molar-refractivity contribution in [2.75, 3.05) is 11.4 Å². The highest BCUT2D eigenvalue weighted by atomic mass is 19.1. The number of nitrogens with one attached hydrogen (secondary N) is 1. The molecule has 0 bridgehead atoms. The number of aromatic nitrogens is 3. The van der Waals surface area contributed by atoms with Crippen LogP contribution in [0.25, 0.3) is 11.2 Å². The molecule has 0 spiro atoms. The Bertz CT molecular complexity index is 1340. The number of fused-ring (bicyclic) bond motifs is 1. The quantitative estimate of drug-likeness (QED) is 0.477. The Morgan fingerprint density at radius 1 is 1.06 bits per heavy atom. The molecule has 33 heavy (non-hydrogen) atoms. The highest BCUT2D eigenvalue weighted by Crippen LogP contribution is 2.37. The molecule has 1 fully saturated rings. The second-order valence-corrected chi connectivity index (χ2v) is 7.89. The minimum absolute atomic E-state index is 0.0118. The Labute approximate surface area is 187 Å². The third-order valence-electron chi connectivity index (χ3n) is 5.85. The zero-order valence-electron chi connectivity index (χ0n) is 17.5. The molecule has 1 saturated heterocycles. The van der Waals surface area contributed by atoms with Gasteiger partial charge in [0.15, 0.2) is 5.65 Å². The lowest BCUT2D eigenvalue weighted by molar-refractivity contribution is 0.242. The van der Waals surface area contributed by atoms with E-state index >= 15 is 0 Å². The fraction of sp³-hybridized carbons (Fsp3) is 0.208. The summed E-state index contributed by atoms with van der Waals surface area (Å²) in [6.07, 6.45) is 2.80. The summed E-state index contributed by atoms with van der Waals surface area (Å²) in [5, 5.41) is 2.67. The minimum atomic E-state index is -0.500. The third-order valence-corrected chi connectivity index (χ3v) is 5.85. The summed E-state index contributed by atoms with van der Waals surface area (Å²) in [4.78, 5) is 23.5. The number of hydrogen-bond donors (Lipinski definition) is 1. The van der Waals surface area contributed by atoms with Gasteiger partial charge in [0.2, 0.25) is 0 Å². The first kappa shape index (κ1) is 21.0. The molecule has 0 saturated carbocycles. The molecule has 6 nitrogen and oxygen atoms in total. The van der Waals surface area contributed by atoms with E-state index in [1.165, 1.54) is 23.0 Å². The van der Waals surface area contributed by atoms with Crippen molar-refractivity contribution in [3.63, 3.8) is 0 Å². The maximum Gasteiger partial charge on any atom is 0.328 e. The Hall–Kier alpha value is -3.88. The van der Waals surface area contributed by atoms with Crippen LogP contribution in [-0.2, 0) is 6.54 Å². The number of hydrogen-bond acceptors (Lipinski definition) is 4. The van der Waals surface area contributed by atoms with Gasteiger partial charge in [-0.15, -0.1) is 0 Å². The van der Waals surface area contributed by atoms with E-state index in [1.54, 1.807) is 30.3 Å². The number of carbonyl (C=O) groups excluding carboxylic acids is 1. The van der Waals surface area contributed by atoms with Crippen LogP contribution in [0.1, 0.15) is 30.0 Å². The van der Waals surface area contributed by atoms with Crippen LogP contribution in [0.15, 0.2) is 60.9 Å². The molecule has 0 unspecified atom stereocenters. The average molecular weight is 451 g/mol. The predicted octanol–water partition coefficient (Wildman–Crippen LogP) is 4.95. The van der Waals surface area contributed by atoms with Gasteiger partial charge in [0.05, 0.1) is 6.04 Å². The SMILES string of the molecule is O=C(NCc1ccccc1F)n1cnc2ccc(N3CCC[C@@H]3c3cc(F)ccc3F)nc21. The van der Waals surface area contributed by atoms with Crippen molar-refractivity contribution in [1.82, 2.24) is 19.9 Å². The van der Waals surface area contributed by atoms with E-state index in [-0.39, 0.29) is 18.2 Å². The van der Waals surface area contributed by atoms with Gasteiger partial charge in [-0.3, -0.25) is 0 Å². The van der Waals surface area contributed by atoms with Crippen molar-refractivity contribution in [2.45, 2.75) is 25.4 Å². The number of pyridine rings is 1. The van der Waals surface area contributed by atoms with Gasteiger partial charge in [-0.2, -0.15) is 0 Å². The van der Waals surface area contributed by atoms with Crippen LogP contribution in [0, 0.1) is 17.5 Å². The summed E-state index contributed by atoms with van der Waals surface area (Å²) in [5.74, 6) is -0.825. The molecule has 1 aliphatic rings. The Morgan fingerprint density at radius 3 is 2.76 bits per heavy atom. The summed E-state index contributed by atoms with van der Waals surface area (Å²) in [6, 6.07) is 12.3. The zero-order chi connectivity index (χ0) is 22.9. The summed E-state index contributed by atoms with van der Waals surface area (Å²) in [7, 11) is 0. The first-order valence-corrected chi connectivity index (χ1v) is 10.6. The van der Waals surface area contributed by atoms with Gasteiger partial charge in [0, 0.05) is 24.2 Å². The molecule has 1 amide bonds. The number of imidazole rings is 1. The number of rotatable bonds is 4. The molecule has 1 atom stereocenters. The van der Waals surface area contributed by atoms with E-state index in [4.69, 9.17) is 0 Å². The number of benzene rings is 2. The van der Waals surface area contributed by atoms with Gasteiger partial charge >= 0.3 is 6.03 Å². The standard InChI is InChI=1S/C24H20F3N5O/c25-16-7-8-19(27)17(12-16)21-6-3-11-31(21)22-10-9-20-23(30-22)32(14-29-20)24(33)28-13-15-4-1-2-5-18(15)26/h1-2,4-5,7-10,12,14,21H,3,6,11,13H2,(H,28,33)/t21-/m1/s1. The van der Waals surface area contributed by atoms with Crippen LogP contribution in [0.4, 0.5) is 23.8 Å². The summed E-state index contributed by atoms with van der Waals surface area (Å²) in [6.45, 7) is 0.630. The van der Waals surface area contributed by atoms with Crippen LogP contribution in [0.2, 0.25) is 0 Å². The minimum Gasteiger partial charge on any atom is -0.349 e. The topological polar surface area (TPSA) is 63.1 Å². The van der Waals surface area contributed by atoms with Crippen LogP contribution >= 0.6 is 0 Å². The van der Waals surface area contributed by atoms with Crippen molar-refractivity contribution in [2.24, 2.45) is 0 Å². The van der Waals surface area contributed by atoms with E-state index in [2.05, 4.69) is 15.3 Å². The number of amides is 1. The van der Waals surface area contributed by atoms with Crippen LogP contribution in [0.5, 0.6) is 0 Å². The Balaban J connectivity index is 1.42. The van der Waals surface area contributed by atoms with Gasteiger partial charge in [-0.25, -0.2) is 32.5 Å². The van der Waals surface area contributed by atoms with Crippen molar-refractivity contribution >= 4 is 23.0 Å². The fourth-order valence-corrected chi connectivity index (χ4v) is 4.22. The lowest BCUT2D eigenvalue weighted by Crippen LogP contribution is -2.28. The number of carbonyl (C=O) groups is 1. The van der Waals surface area contributed by atoms with E-state index in [0.29, 0.717) is 35.5 Å². The molecule has 2 aromatic carbocycles. The van der Waals surface area contributed by atoms with E-state index in [9.17, 15) is 18.0 Å². The third kappa shape index (κ3) is 4.02. The molecule has 168 valence electrons. The molecular weight excluding hydrogens is 431 g/mol. The molecule has 0 radical (unpaired) electrons. The maximum absolute atomic E-state index is 14.4. The molecule has 0 aliphatic carbocycles. The largest absolute Gasteiger partial charge is 0.349 e. The van der Waals surface area contributed by atoms with Crippen molar-refractivity contribution in [1.29, 1.82) is 0 Å². The normalized spacial score (nSPS) is 15.8. The Morgan fingerprint density at radius 2 is 1.91 bits per heavy atom. The van der Waals surface area contributed by atoms with Crippen LogP contribution in [0.3, 0.4) is 0 Å². The summed E-state index contributed by atoms with van der Waals surface area (Å²) >= 11 is 0. The van der Waals surface area contributed by atoms with Crippen LogP contribution in [-0.4, -0.2) is 27.1 Å². The maximum atomic E-state index is 14.4. The lowest BCUT2D eigenvalue weighted by atomic mass is 10.0.